The molecular formula is C17H25FN2. The molecule has 0 amide bonds. The predicted molar refractivity (Wildman–Crippen MR) is 83.8 cm³/mol. The standard InChI is InChI=1S/C17H25FN2/c1-4-8-19-14(3)15-12-16(18)13(2)11-17(15)20-9-6-5-7-10-20/h5-6,11-12,14,19H,4,7-10H2,1-3H3. The van der Waals surface area contributed by atoms with E-state index in [1.54, 1.807) is 6.07 Å². The minimum absolute atomic E-state index is 0.110. The molecule has 1 unspecified atom stereocenters. The zero-order valence-corrected chi connectivity index (χ0v) is 12.7. The van der Waals surface area contributed by atoms with Gasteiger partial charge in [-0.15, -0.1) is 0 Å². The van der Waals surface area contributed by atoms with Crippen molar-refractivity contribution in [3.8, 4) is 0 Å². The molecule has 1 aliphatic rings. The van der Waals surface area contributed by atoms with Crippen molar-refractivity contribution in [2.75, 3.05) is 24.5 Å². The van der Waals surface area contributed by atoms with Crippen LogP contribution in [-0.4, -0.2) is 19.6 Å². The summed E-state index contributed by atoms with van der Waals surface area (Å²) in [6.07, 6.45) is 6.55. The van der Waals surface area contributed by atoms with Crippen molar-refractivity contribution in [3.63, 3.8) is 0 Å². The number of nitrogens with zero attached hydrogens (tertiary/aromatic N) is 1. The van der Waals surface area contributed by atoms with Gasteiger partial charge in [-0.25, -0.2) is 4.39 Å². The highest BCUT2D eigenvalue weighted by Crippen LogP contribution is 2.30. The van der Waals surface area contributed by atoms with Crippen LogP contribution in [0.25, 0.3) is 0 Å². The lowest BCUT2D eigenvalue weighted by molar-refractivity contribution is 0.559. The molecule has 0 spiro atoms. The summed E-state index contributed by atoms with van der Waals surface area (Å²) in [4.78, 5) is 2.34. The Bertz CT molecular complexity index is 482. The van der Waals surface area contributed by atoms with E-state index < -0.39 is 0 Å². The van der Waals surface area contributed by atoms with E-state index in [9.17, 15) is 4.39 Å². The average Bonchev–Trinajstić information content (AvgIpc) is 2.48. The monoisotopic (exact) mass is 276 g/mol. The van der Waals surface area contributed by atoms with Gasteiger partial charge in [-0.1, -0.05) is 19.1 Å². The largest absolute Gasteiger partial charge is 0.367 e. The summed E-state index contributed by atoms with van der Waals surface area (Å²) in [5.74, 6) is -0.110. The number of aryl methyl sites for hydroxylation is 1. The fourth-order valence-corrected chi connectivity index (χ4v) is 2.63. The van der Waals surface area contributed by atoms with Crippen molar-refractivity contribution in [1.82, 2.24) is 5.32 Å². The van der Waals surface area contributed by atoms with Gasteiger partial charge in [0.15, 0.2) is 0 Å². The van der Waals surface area contributed by atoms with Gasteiger partial charge in [0.05, 0.1) is 0 Å². The molecule has 0 saturated heterocycles. The quantitative estimate of drug-likeness (QED) is 0.819. The van der Waals surface area contributed by atoms with Gasteiger partial charge in [0.1, 0.15) is 5.82 Å². The molecule has 3 heteroatoms. The lowest BCUT2D eigenvalue weighted by Crippen LogP contribution is -2.30. The summed E-state index contributed by atoms with van der Waals surface area (Å²) in [6, 6.07) is 3.87. The number of hydrogen-bond acceptors (Lipinski definition) is 2. The van der Waals surface area contributed by atoms with Crippen LogP contribution < -0.4 is 10.2 Å². The molecule has 0 aromatic heterocycles. The van der Waals surface area contributed by atoms with Crippen LogP contribution in [0.5, 0.6) is 0 Å². The normalized spacial score (nSPS) is 16.5. The van der Waals surface area contributed by atoms with Crippen LogP contribution in [0, 0.1) is 12.7 Å². The maximum Gasteiger partial charge on any atom is 0.126 e. The van der Waals surface area contributed by atoms with E-state index in [4.69, 9.17) is 0 Å². The first kappa shape index (κ1) is 15.0. The van der Waals surface area contributed by atoms with E-state index >= 15 is 0 Å². The third kappa shape index (κ3) is 3.40. The Balaban J connectivity index is 2.32. The fourth-order valence-electron chi connectivity index (χ4n) is 2.63. The predicted octanol–water partition coefficient (Wildman–Crippen LogP) is 3.96. The minimum Gasteiger partial charge on any atom is -0.367 e. The van der Waals surface area contributed by atoms with E-state index in [0.29, 0.717) is 0 Å². The second-order valence-corrected chi connectivity index (χ2v) is 5.54. The van der Waals surface area contributed by atoms with Gasteiger partial charge in [0.2, 0.25) is 0 Å². The molecule has 1 aromatic rings. The van der Waals surface area contributed by atoms with E-state index in [1.165, 1.54) is 5.69 Å². The highest BCUT2D eigenvalue weighted by molar-refractivity contribution is 5.58. The summed E-state index contributed by atoms with van der Waals surface area (Å²) in [5.41, 5.74) is 2.96. The van der Waals surface area contributed by atoms with E-state index in [1.807, 2.05) is 13.0 Å². The van der Waals surface area contributed by atoms with Gasteiger partial charge in [0, 0.05) is 24.8 Å². The van der Waals surface area contributed by atoms with Crippen LogP contribution in [0.15, 0.2) is 24.3 Å². The molecule has 2 rings (SSSR count). The van der Waals surface area contributed by atoms with Crippen molar-refractivity contribution in [2.24, 2.45) is 0 Å². The van der Waals surface area contributed by atoms with Gasteiger partial charge in [-0.3, -0.25) is 0 Å². The Morgan fingerprint density at radius 2 is 2.15 bits per heavy atom. The third-order valence-electron chi connectivity index (χ3n) is 3.87. The highest BCUT2D eigenvalue weighted by Gasteiger charge is 2.18. The number of nitrogens with one attached hydrogen (secondary N) is 1. The number of rotatable bonds is 5. The van der Waals surface area contributed by atoms with Crippen LogP contribution in [0.4, 0.5) is 10.1 Å². The van der Waals surface area contributed by atoms with Gasteiger partial charge < -0.3 is 10.2 Å². The first-order valence-corrected chi connectivity index (χ1v) is 7.56. The second kappa shape index (κ2) is 6.89. The van der Waals surface area contributed by atoms with E-state index in [0.717, 1.165) is 43.6 Å². The van der Waals surface area contributed by atoms with Crippen molar-refractivity contribution in [2.45, 2.75) is 39.7 Å². The Morgan fingerprint density at radius 1 is 1.35 bits per heavy atom. The Morgan fingerprint density at radius 3 is 2.80 bits per heavy atom. The van der Waals surface area contributed by atoms with Crippen LogP contribution in [0.2, 0.25) is 0 Å². The number of anilines is 1. The lowest BCUT2D eigenvalue weighted by atomic mass is 10.0. The number of hydrogen-bond donors (Lipinski definition) is 1. The topological polar surface area (TPSA) is 15.3 Å². The maximum atomic E-state index is 13.9. The maximum absolute atomic E-state index is 13.9. The Labute approximate surface area is 121 Å². The highest BCUT2D eigenvalue weighted by atomic mass is 19.1. The zero-order valence-electron chi connectivity index (χ0n) is 12.7. The van der Waals surface area contributed by atoms with Crippen LogP contribution in [-0.2, 0) is 0 Å². The molecule has 1 atom stereocenters. The molecule has 20 heavy (non-hydrogen) atoms. The number of benzene rings is 1. The van der Waals surface area contributed by atoms with Gasteiger partial charge >= 0.3 is 0 Å². The Kier molecular flexibility index (Phi) is 5.18. The number of halogens is 1. The molecule has 110 valence electrons. The smallest absolute Gasteiger partial charge is 0.126 e. The molecule has 0 radical (unpaired) electrons. The van der Waals surface area contributed by atoms with E-state index in [2.05, 4.69) is 36.2 Å². The van der Waals surface area contributed by atoms with Crippen molar-refractivity contribution >= 4 is 5.69 Å². The van der Waals surface area contributed by atoms with E-state index in [-0.39, 0.29) is 11.9 Å². The third-order valence-corrected chi connectivity index (χ3v) is 3.87. The first-order valence-electron chi connectivity index (χ1n) is 7.56. The fraction of sp³-hybridized carbons (Fsp3) is 0.529. The van der Waals surface area contributed by atoms with Crippen molar-refractivity contribution < 1.29 is 4.39 Å². The Hall–Kier alpha value is -1.35. The van der Waals surface area contributed by atoms with Gasteiger partial charge in [-0.05, 0) is 56.5 Å². The molecule has 2 nitrogen and oxygen atoms in total. The molecule has 1 aliphatic heterocycles. The average molecular weight is 276 g/mol. The first-order chi connectivity index (χ1) is 9.63. The van der Waals surface area contributed by atoms with Crippen LogP contribution in [0.1, 0.15) is 43.9 Å². The molecule has 1 N–H and O–H groups in total. The summed E-state index contributed by atoms with van der Waals surface area (Å²) in [7, 11) is 0. The summed E-state index contributed by atoms with van der Waals surface area (Å²) >= 11 is 0. The summed E-state index contributed by atoms with van der Waals surface area (Å²) in [6.45, 7) is 8.98. The molecule has 0 saturated carbocycles. The van der Waals surface area contributed by atoms with Crippen LogP contribution in [0.3, 0.4) is 0 Å². The lowest BCUT2D eigenvalue weighted by Gasteiger charge is -2.30. The molecular weight excluding hydrogens is 251 g/mol. The van der Waals surface area contributed by atoms with Crippen molar-refractivity contribution in [3.05, 3.63) is 41.2 Å². The zero-order chi connectivity index (χ0) is 14.5. The molecule has 0 aliphatic carbocycles. The second-order valence-electron chi connectivity index (χ2n) is 5.54. The molecule has 1 aromatic carbocycles. The van der Waals surface area contributed by atoms with Crippen molar-refractivity contribution in [1.29, 1.82) is 0 Å². The molecule has 1 heterocycles. The van der Waals surface area contributed by atoms with Gasteiger partial charge in [0.25, 0.3) is 0 Å². The van der Waals surface area contributed by atoms with Gasteiger partial charge in [-0.2, -0.15) is 0 Å². The SMILES string of the molecule is CCCNC(C)c1cc(F)c(C)cc1N1CC=CCC1. The molecule has 0 bridgehead atoms. The molecule has 0 fully saturated rings. The minimum atomic E-state index is -0.110. The summed E-state index contributed by atoms with van der Waals surface area (Å²) < 4.78 is 13.9. The summed E-state index contributed by atoms with van der Waals surface area (Å²) in [5, 5.41) is 3.46. The van der Waals surface area contributed by atoms with Crippen LogP contribution >= 0.6 is 0 Å².